The summed E-state index contributed by atoms with van der Waals surface area (Å²) in [6.07, 6.45) is 3.14. The first-order valence-electron chi connectivity index (χ1n) is 12.1. The highest BCUT2D eigenvalue weighted by Crippen LogP contribution is 2.38. The summed E-state index contributed by atoms with van der Waals surface area (Å²) in [6.45, 7) is 12.0. The normalized spacial score (nSPS) is 18.3. The fourth-order valence-corrected chi connectivity index (χ4v) is 5.26. The summed E-state index contributed by atoms with van der Waals surface area (Å²) in [7, 11) is 0. The van der Waals surface area contributed by atoms with E-state index in [4.69, 9.17) is 9.15 Å². The average molecular weight is 447 g/mol. The number of carbonyl (C=O) groups is 1. The molecule has 0 radical (unpaired) electrons. The van der Waals surface area contributed by atoms with E-state index in [2.05, 4.69) is 55.3 Å². The van der Waals surface area contributed by atoms with E-state index in [9.17, 15) is 4.79 Å². The van der Waals surface area contributed by atoms with Crippen LogP contribution >= 0.6 is 0 Å². The largest absolute Gasteiger partial charge is 0.487 e. The van der Waals surface area contributed by atoms with Crippen molar-refractivity contribution < 1.29 is 13.9 Å². The molecule has 5 heteroatoms. The van der Waals surface area contributed by atoms with Crippen LogP contribution < -0.4 is 10.1 Å². The van der Waals surface area contributed by atoms with Crippen LogP contribution in [-0.4, -0.2) is 36.0 Å². The number of fused-ring (bicyclic) bond motifs is 2. The van der Waals surface area contributed by atoms with Crippen LogP contribution in [0.3, 0.4) is 0 Å². The predicted octanol–water partition coefficient (Wildman–Crippen LogP) is 5.41. The maximum Gasteiger partial charge on any atom is 0.287 e. The highest BCUT2D eigenvalue weighted by atomic mass is 16.5. The number of hydrogen-bond donors (Lipinski definition) is 1. The molecule has 5 rings (SSSR count). The molecule has 0 aliphatic carbocycles. The summed E-state index contributed by atoms with van der Waals surface area (Å²) in [5.74, 6) is 1.92. The number of furan rings is 1. The van der Waals surface area contributed by atoms with Gasteiger partial charge in [0.15, 0.2) is 5.76 Å². The lowest BCUT2D eigenvalue weighted by Gasteiger charge is -2.32. The van der Waals surface area contributed by atoms with Crippen molar-refractivity contribution in [1.29, 1.82) is 0 Å². The van der Waals surface area contributed by atoms with Gasteiger partial charge in [0.25, 0.3) is 5.91 Å². The number of amides is 1. The molecule has 1 N–H and O–H groups in total. The van der Waals surface area contributed by atoms with E-state index < -0.39 is 0 Å². The van der Waals surface area contributed by atoms with Crippen molar-refractivity contribution in [2.45, 2.75) is 59.1 Å². The lowest BCUT2D eigenvalue weighted by molar-refractivity contribution is 0.0908. The topological polar surface area (TPSA) is 54.7 Å². The second-order valence-corrected chi connectivity index (χ2v) is 10.4. The van der Waals surface area contributed by atoms with Crippen LogP contribution in [0.5, 0.6) is 5.75 Å². The lowest BCUT2D eigenvalue weighted by Crippen LogP contribution is -2.38. The van der Waals surface area contributed by atoms with Gasteiger partial charge in [0.05, 0.1) is 0 Å². The van der Waals surface area contributed by atoms with Crippen molar-refractivity contribution in [2.24, 2.45) is 5.92 Å². The third-order valence-corrected chi connectivity index (χ3v) is 7.12. The molecule has 5 nitrogen and oxygen atoms in total. The summed E-state index contributed by atoms with van der Waals surface area (Å²) in [5, 5.41) is 4.14. The Hall–Kier alpha value is -2.79. The molecule has 1 fully saturated rings. The first kappa shape index (κ1) is 22.0. The molecular weight excluding hydrogens is 412 g/mol. The molecule has 0 bridgehead atoms. The molecule has 1 saturated heterocycles. The van der Waals surface area contributed by atoms with Crippen molar-refractivity contribution in [3.63, 3.8) is 0 Å². The van der Waals surface area contributed by atoms with Gasteiger partial charge in [-0.3, -0.25) is 9.69 Å². The van der Waals surface area contributed by atoms with Gasteiger partial charge in [-0.05, 0) is 77.2 Å². The number of piperidine rings is 1. The average Bonchev–Trinajstić information content (AvgIpc) is 3.28. The molecule has 0 saturated carbocycles. The molecule has 2 aliphatic rings. The van der Waals surface area contributed by atoms with Gasteiger partial charge >= 0.3 is 0 Å². The molecule has 1 aromatic heterocycles. The number of carbonyl (C=O) groups excluding carboxylic acids is 1. The molecular formula is C28H34N2O3. The van der Waals surface area contributed by atoms with E-state index in [0.717, 1.165) is 61.2 Å². The summed E-state index contributed by atoms with van der Waals surface area (Å²) in [5.41, 5.74) is 5.37. The van der Waals surface area contributed by atoms with Crippen LogP contribution in [0.1, 0.15) is 59.5 Å². The number of nitrogens with one attached hydrogen (secondary N) is 1. The van der Waals surface area contributed by atoms with Gasteiger partial charge in [0.2, 0.25) is 0 Å². The smallest absolute Gasteiger partial charge is 0.287 e. The van der Waals surface area contributed by atoms with Crippen LogP contribution in [0, 0.1) is 19.8 Å². The van der Waals surface area contributed by atoms with Crippen LogP contribution in [0.25, 0.3) is 11.0 Å². The van der Waals surface area contributed by atoms with Gasteiger partial charge in [0.1, 0.15) is 16.9 Å². The van der Waals surface area contributed by atoms with Crippen LogP contribution in [0.2, 0.25) is 0 Å². The van der Waals surface area contributed by atoms with Crippen LogP contribution in [0.15, 0.2) is 40.8 Å². The van der Waals surface area contributed by atoms with E-state index in [1.807, 2.05) is 19.1 Å². The number of rotatable bonds is 5. The second-order valence-electron chi connectivity index (χ2n) is 10.4. The summed E-state index contributed by atoms with van der Waals surface area (Å²) >= 11 is 0. The van der Waals surface area contributed by atoms with Gasteiger partial charge in [-0.25, -0.2) is 0 Å². The van der Waals surface area contributed by atoms with Gasteiger partial charge < -0.3 is 14.5 Å². The Morgan fingerprint density at radius 2 is 1.94 bits per heavy atom. The maximum absolute atomic E-state index is 12.8. The minimum Gasteiger partial charge on any atom is -0.487 e. The second kappa shape index (κ2) is 8.53. The number of aryl methyl sites for hydroxylation is 2. The van der Waals surface area contributed by atoms with Crippen molar-refractivity contribution in [1.82, 2.24) is 10.2 Å². The Balaban J connectivity index is 1.14. The zero-order valence-electron chi connectivity index (χ0n) is 20.2. The number of para-hydroxylation sites is 1. The highest BCUT2D eigenvalue weighted by molar-refractivity contribution is 5.99. The lowest BCUT2D eigenvalue weighted by atomic mass is 9.96. The third kappa shape index (κ3) is 4.51. The standard InChI is InChI=1S/C28H34N2O3/c1-18-8-9-24-23(14-18)19(2)25(32-24)27(31)29-16-20-10-12-30(13-11-20)17-22-7-5-6-21-15-28(3,4)33-26(21)22/h5-9,14,20H,10-13,15-17H2,1-4H3,(H,29,31). The maximum atomic E-state index is 12.8. The monoisotopic (exact) mass is 446 g/mol. The molecule has 33 heavy (non-hydrogen) atoms. The molecule has 0 spiro atoms. The molecule has 3 aromatic rings. The first-order valence-corrected chi connectivity index (χ1v) is 12.1. The molecule has 174 valence electrons. The minimum atomic E-state index is -0.110. The minimum absolute atomic E-state index is 0.108. The Morgan fingerprint density at radius 3 is 2.73 bits per heavy atom. The van der Waals surface area contributed by atoms with Crippen molar-refractivity contribution in [2.75, 3.05) is 19.6 Å². The summed E-state index contributed by atoms with van der Waals surface area (Å²) < 4.78 is 12.1. The molecule has 2 aliphatic heterocycles. The zero-order chi connectivity index (χ0) is 23.2. The predicted molar refractivity (Wildman–Crippen MR) is 131 cm³/mol. The van der Waals surface area contributed by atoms with Crippen LogP contribution in [0.4, 0.5) is 0 Å². The SMILES string of the molecule is Cc1ccc2oc(C(=O)NCC3CCN(Cc4cccc5c4OC(C)(C)C5)CC3)c(C)c2c1. The van der Waals surface area contributed by atoms with Gasteiger partial charge in [-0.15, -0.1) is 0 Å². The van der Waals surface area contributed by atoms with Gasteiger partial charge in [0, 0.05) is 36.0 Å². The Morgan fingerprint density at radius 1 is 1.15 bits per heavy atom. The number of hydrogen-bond acceptors (Lipinski definition) is 4. The van der Waals surface area contributed by atoms with Crippen molar-refractivity contribution >= 4 is 16.9 Å². The molecule has 3 heterocycles. The van der Waals surface area contributed by atoms with Gasteiger partial charge in [-0.2, -0.15) is 0 Å². The Bertz CT molecular complexity index is 1190. The third-order valence-electron chi connectivity index (χ3n) is 7.12. The van der Waals surface area contributed by atoms with Crippen molar-refractivity contribution in [3.8, 4) is 5.75 Å². The van der Waals surface area contributed by atoms with E-state index in [-0.39, 0.29) is 11.5 Å². The molecule has 0 atom stereocenters. The molecule has 2 aromatic carbocycles. The van der Waals surface area contributed by atoms with Gasteiger partial charge in [-0.1, -0.05) is 29.8 Å². The molecule has 0 unspecified atom stereocenters. The number of ether oxygens (including phenoxy) is 1. The van der Waals surface area contributed by atoms with E-state index in [1.165, 1.54) is 16.7 Å². The van der Waals surface area contributed by atoms with Crippen molar-refractivity contribution in [3.05, 3.63) is 64.4 Å². The Labute approximate surface area is 196 Å². The number of benzene rings is 2. The quantitative estimate of drug-likeness (QED) is 0.570. The molecule has 1 amide bonds. The van der Waals surface area contributed by atoms with E-state index >= 15 is 0 Å². The first-order chi connectivity index (χ1) is 15.8. The number of nitrogens with zero attached hydrogens (tertiary/aromatic N) is 1. The van der Waals surface area contributed by atoms with E-state index in [0.29, 0.717) is 18.2 Å². The summed E-state index contributed by atoms with van der Waals surface area (Å²) in [4.78, 5) is 15.3. The van der Waals surface area contributed by atoms with Crippen LogP contribution in [-0.2, 0) is 13.0 Å². The zero-order valence-corrected chi connectivity index (χ0v) is 20.2. The fraction of sp³-hybridized carbons (Fsp3) is 0.464. The van der Waals surface area contributed by atoms with E-state index in [1.54, 1.807) is 0 Å². The highest BCUT2D eigenvalue weighted by Gasteiger charge is 2.32. The summed E-state index contributed by atoms with van der Waals surface area (Å²) in [6, 6.07) is 12.6. The Kier molecular flexibility index (Phi) is 5.69. The number of likely N-dealkylation sites (tertiary alicyclic amines) is 1. The fourth-order valence-electron chi connectivity index (χ4n) is 5.26.